The number of esters is 1. The normalized spacial score (nSPS) is 10.8. The quantitative estimate of drug-likeness (QED) is 0.704. The first-order chi connectivity index (χ1) is 11.6. The molecular formula is C17H18N4O3. The highest BCUT2D eigenvalue weighted by molar-refractivity contribution is 6.00. The fourth-order valence-corrected chi connectivity index (χ4v) is 2.67. The topological polar surface area (TPSA) is 89.0 Å². The summed E-state index contributed by atoms with van der Waals surface area (Å²) in [5, 5.41) is 7.82. The van der Waals surface area contributed by atoms with Crippen LogP contribution in [0, 0.1) is 0 Å². The van der Waals surface area contributed by atoms with Gasteiger partial charge in [0.1, 0.15) is 0 Å². The predicted octanol–water partition coefficient (Wildman–Crippen LogP) is 2.26. The molecule has 0 aliphatic rings. The van der Waals surface area contributed by atoms with E-state index < -0.39 is 5.97 Å². The zero-order chi connectivity index (χ0) is 17.1. The standard InChI is InChI=1S/C17H18N4O3/c1-21-16(17(23)24-2)14(10-19-21)20-15(22)8-7-11-9-18-13-6-4-3-5-12(11)13/h3-6,9-10,18H,7-8H2,1-2H3,(H,20,22). The molecule has 0 saturated heterocycles. The molecule has 0 aliphatic heterocycles. The van der Waals surface area contributed by atoms with Gasteiger partial charge in [-0.25, -0.2) is 4.79 Å². The van der Waals surface area contributed by atoms with Crippen LogP contribution in [0.25, 0.3) is 10.9 Å². The molecule has 0 radical (unpaired) electrons. The zero-order valence-electron chi connectivity index (χ0n) is 13.5. The smallest absolute Gasteiger partial charge is 0.358 e. The van der Waals surface area contributed by atoms with Crippen molar-refractivity contribution in [1.82, 2.24) is 14.8 Å². The molecule has 0 fully saturated rings. The third kappa shape index (κ3) is 3.01. The molecule has 2 heterocycles. The first kappa shape index (κ1) is 15.8. The molecule has 2 N–H and O–H groups in total. The number of ether oxygens (including phenoxy) is 1. The number of aromatic amines is 1. The number of carbonyl (C=O) groups is 2. The van der Waals surface area contributed by atoms with E-state index in [-0.39, 0.29) is 11.6 Å². The number of amides is 1. The van der Waals surface area contributed by atoms with E-state index in [1.54, 1.807) is 7.05 Å². The van der Waals surface area contributed by atoms with E-state index in [2.05, 4.69) is 15.4 Å². The summed E-state index contributed by atoms with van der Waals surface area (Å²) in [5.74, 6) is -0.722. The van der Waals surface area contributed by atoms with Crippen LogP contribution in [0.1, 0.15) is 22.5 Å². The lowest BCUT2D eigenvalue weighted by atomic mass is 10.1. The molecule has 0 aliphatic carbocycles. The van der Waals surface area contributed by atoms with Crippen LogP contribution in [0.4, 0.5) is 5.69 Å². The van der Waals surface area contributed by atoms with Crippen molar-refractivity contribution in [3.05, 3.63) is 47.9 Å². The maximum atomic E-state index is 12.2. The third-order valence-electron chi connectivity index (χ3n) is 3.89. The number of carbonyl (C=O) groups excluding carboxylic acids is 2. The fraction of sp³-hybridized carbons (Fsp3) is 0.235. The SMILES string of the molecule is COC(=O)c1c(NC(=O)CCc2c[nH]c3ccccc23)cnn1C. The second-order valence-corrected chi connectivity index (χ2v) is 5.43. The highest BCUT2D eigenvalue weighted by atomic mass is 16.5. The number of benzene rings is 1. The number of nitrogens with zero attached hydrogens (tertiary/aromatic N) is 2. The van der Waals surface area contributed by atoms with Gasteiger partial charge in [-0.15, -0.1) is 0 Å². The summed E-state index contributed by atoms with van der Waals surface area (Å²) in [6, 6.07) is 7.96. The summed E-state index contributed by atoms with van der Waals surface area (Å²) < 4.78 is 6.09. The Labute approximate surface area is 138 Å². The molecule has 24 heavy (non-hydrogen) atoms. The molecule has 0 unspecified atom stereocenters. The molecule has 2 aromatic heterocycles. The van der Waals surface area contributed by atoms with Gasteiger partial charge < -0.3 is 15.0 Å². The number of fused-ring (bicyclic) bond motifs is 1. The predicted molar refractivity (Wildman–Crippen MR) is 89.8 cm³/mol. The van der Waals surface area contributed by atoms with E-state index in [1.807, 2.05) is 30.5 Å². The van der Waals surface area contributed by atoms with E-state index in [0.717, 1.165) is 16.5 Å². The number of hydrogen-bond donors (Lipinski definition) is 2. The largest absolute Gasteiger partial charge is 0.464 e. The number of para-hydroxylation sites is 1. The molecule has 7 heteroatoms. The highest BCUT2D eigenvalue weighted by Crippen LogP contribution is 2.20. The van der Waals surface area contributed by atoms with Crippen LogP contribution in [0.3, 0.4) is 0 Å². The van der Waals surface area contributed by atoms with E-state index in [1.165, 1.54) is 18.0 Å². The molecular weight excluding hydrogens is 308 g/mol. The van der Waals surface area contributed by atoms with Gasteiger partial charge in [-0.3, -0.25) is 9.48 Å². The van der Waals surface area contributed by atoms with Gasteiger partial charge in [0.25, 0.3) is 0 Å². The summed E-state index contributed by atoms with van der Waals surface area (Å²) in [7, 11) is 2.91. The molecule has 0 bridgehead atoms. The molecule has 7 nitrogen and oxygen atoms in total. The molecule has 3 aromatic rings. The second kappa shape index (κ2) is 6.57. The van der Waals surface area contributed by atoms with Crippen LogP contribution < -0.4 is 5.32 Å². The number of nitrogens with one attached hydrogen (secondary N) is 2. The Hall–Kier alpha value is -3.09. The van der Waals surface area contributed by atoms with Gasteiger partial charge in [0.15, 0.2) is 5.69 Å². The second-order valence-electron chi connectivity index (χ2n) is 5.43. The first-order valence-electron chi connectivity index (χ1n) is 7.55. The van der Waals surface area contributed by atoms with Crippen LogP contribution in [-0.2, 0) is 23.0 Å². The van der Waals surface area contributed by atoms with Gasteiger partial charge >= 0.3 is 5.97 Å². The minimum Gasteiger partial charge on any atom is -0.464 e. The molecule has 0 spiro atoms. The average Bonchev–Trinajstić information content (AvgIpc) is 3.16. The van der Waals surface area contributed by atoms with Crippen molar-refractivity contribution in [1.29, 1.82) is 0 Å². The molecule has 0 saturated carbocycles. The Morgan fingerprint density at radius 2 is 2.12 bits per heavy atom. The van der Waals surface area contributed by atoms with Crippen molar-refractivity contribution in [2.75, 3.05) is 12.4 Å². The van der Waals surface area contributed by atoms with Crippen LogP contribution in [0.15, 0.2) is 36.7 Å². The summed E-state index contributed by atoms with van der Waals surface area (Å²) in [6.07, 6.45) is 4.26. The van der Waals surface area contributed by atoms with E-state index in [9.17, 15) is 9.59 Å². The minimum absolute atomic E-state index is 0.182. The monoisotopic (exact) mass is 326 g/mol. The Balaban J connectivity index is 1.67. The van der Waals surface area contributed by atoms with Gasteiger partial charge in [-0.05, 0) is 18.1 Å². The number of aromatic nitrogens is 3. The van der Waals surface area contributed by atoms with Crippen molar-refractivity contribution >= 4 is 28.5 Å². The zero-order valence-corrected chi connectivity index (χ0v) is 13.5. The van der Waals surface area contributed by atoms with Gasteiger partial charge in [0.2, 0.25) is 5.91 Å². The number of rotatable bonds is 5. The van der Waals surface area contributed by atoms with E-state index in [4.69, 9.17) is 4.74 Å². The Morgan fingerprint density at radius 3 is 2.92 bits per heavy atom. The Bertz CT molecular complexity index is 894. The Kier molecular flexibility index (Phi) is 4.33. The Morgan fingerprint density at radius 1 is 1.33 bits per heavy atom. The first-order valence-corrected chi connectivity index (χ1v) is 7.55. The van der Waals surface area contributed by atoms with Crippen LogP contribution >= 0.6 is 0 Å². The minimum atomic E-state index is -0.540. The summed E-state index contributed by atoms with van der Waals surface area (Å²) >= 11 is 0. The van der Waals surface area contributed by atoms with Crippen molar-refractivity contribution in [2.24, 2.45) is 7.05 Å². The summed E-state index contributed by atoms with van der Waals surface area (Å²) in [5.41, 5.74) is 2.71. The number of H-pyrrole nitrogens is 1. The highest BCUT2D eigenvalue weighted by Gasteiger charge is 2.19. The van der Waals surface area contributed by atoms with Crippen molar-refractivity contribution in [2.45, 2.75) is 12.8 Å². The molecule has 1 amide bonds. The number of hydrogen-bond acceptors (Lipinski definition) is 4. The van der Waals surface area contributed by atoms with E-state index in [0.29, 0.717) is 18.5 Å². The van der Waals surface area contributed by atoms with Crippen molar-refractivity contribution < 1.29 is 14.3 Å². The van der Waals surface area contributed by atoms with Crippen molar-refractivity contribution in [3.63, 3.8) is 0 Å². The molecule has 3 rings (SSSR count). The van der Waals surface area contributed by atoms with E-state index >= 15 is 0 Å². The maximum Gasteiger partial charge on any atom is 0.358 e. The third-order valence-corrected chi connectivity index (χ3v) is 3.89. The molecule has 1 aromatic carbocycles. The van der Waals surface area contributed by atoms with Crippen LogP contribution in [0.5, 0.6) is 0 Å². The fourth-order valence-electron chi connectivity index (χ4n) is 2.67. The molecule has 0 atom stereocenters. The van der Waals surface area contributed by atoms with Gasteiger partial charge in [-0.2, -0.15) is 5.10 Å². The maximum absolute atomic E-state index is 12.2. The van der Waals surface area contributed by atoms with Gasteiger partial charge in [-0.1, -0.05) is 18.2 Å². The van der Waals surface area contributed by atoms with Crippen LogP contribution in [0.2, 0.25) is 0 Å². The van der Waals surface area contributed by atoms with Crippen LogP contribution in [-0.4, -0.2) is 33.8 Å². The average molecular weight is 326 g/mol. The number of anilines is 1. The lowest BCUT2D eigenvalue weighted by Crippen LogP contribution is -2.16. The lowest BCUT2D eigenvalue weighted by Gasteiger charge is -2.06. The number of aryl methyl sites for hydroxylation is 2. The lowest BCUT2D eigenvalue weighted by molar-refractivity contribution is -0.116. The number of methoxy groups -OCH3 is 1. The van der Waals surface area contributed by atoms with Gasteiger partial charge in [0.05, 0.1) is 19.0 Å². The molecule has 124 valence electrons. The summed E-state index contributed by atoms with van der Waals surface area (Å²) in [6.45, 7) is 0. The summed E-state index contributed by atoms with van der Waals surface area (Å²) in [4.78, 5) is 27.1. The van der Waals surface area contributed by atoms with Gasteiger partial charge in [0, 0.05) is 30.6 Å². The van der Waals surface area contributed by atoms with Crippen molar-refractivity contribution in [3.8, 4) is 0 Å².